The fourth-order valence-corrected chi connectivity index (χ4v) is 4.11. The molecular formula is C27H23IO4. The molecule has 0 aliphatic carbocycles. The van der Waals surface area contributed by atoms with Gasteiger partial charge in [-0.15, -0.1) is 0 Å². The van der Waals surface area contributed by atoms with Crippen molar-refractivity contribution in [2.24, 2.45) is 0 Å². The minimum Gasteiger partial charge on any atom is -0.490 e. The molecule has 0 N–H and O–H groups in total. The predicted octanol–water partition coefficient (Wildman–Crippen LogP) is 6.56. The van der Waals surface area contributed by atoms with Gasteiger partial charge in [0.2, 0.25) is 0 Å². The Morgan fingerprint density at radius 3 is 2.47 bits per heavy atom. The van der Waals surface area contributed by atoms with Gasteiger partial charge in [-0.1, -0.05) is 60.2 Å². The van der Waals surface area contributed by atoms with E-state index in [2.05, 4.69) is 22.6 Å². The van der Waals surface area contributed by atoms with Crippen molar-refractivity contribution in [3.63, 3.8) is 0 Å². The second kappa shape index (κ2) is 10.0. The number of hydrogen-bond donors (Lipinski definition) is 0. The van der Waals surface area contributed by atoms with Crippen LogP contribution in [-0.4, -0.2) is 12.6 Å². The number of benzene rings is 3. The van der Waals surface area contributed by atoms with Crippen LogP contribution in [0, 0.1) is 10.5 Å². The zero-order chi connectivity index (χ0) is 22.5. The Labute approximate surface area is 201 Å². The maximum Gasteiger partial charge on any atom is 0.343 e. The van der Waals surface area contributed by atoms with Crippen molar-refractivity contribution in [2.45, 2.75) is 20.5 Å². The van der Waals surface area contributed by atoms with Gasteiger partial charge in [-0.3, -0.25) is 0 Å². The van der Waals surface area contributed by atoms with Crippen molar-refractivity contribution in [3.05, 3.63) is 104 Å². The van der Waals surface area contributed by atoms with Crippen LogP contribution in [0.15, 0.2) is 78.4 Å². The fourth-order valence-electron chi connectivity index (χ4n) is 3.33. The van der Waals surface area contributed by atoms with Crippen LogP contribution in [0.2, 0.25) is 0 Å². The van der Waals surface area contributed by atoms with Crippen LogP contribution in [0.5, 0.6) is 11.5 Å². The highest BCUT2D eigenvalue weighted by molar-refractivity contribution is 14.1. The number of halogens is 1. The molecule has 0 saturated carbocycles. The van der Waals surface area contributed by atoms with Crippen molar-refractivity contribution in [1.82, 2.24) is 0 Å². The SMILES string of the molecule is CCOc1cc(C=C2C=C(c3ccc(C)cc3)OC2=O)cc(I)c1OCc1ccccc1. The molecule has 0 spiro atoms. The molecule has 0 atom stereocenters. The largest absolute Gasteiger partial charge is 0.490 e. The molecule has 0 saturated heterocycles. The topological polar surface area (TPSA) is 44.8 Å². The number of ether oxygens (including phenoxy) is 3. The molecule has 0 radical (unpaired) electrons. The van der Waals surface area contributed by atoms with Crippen LogP contribution < -0.4 is 9.47 Å². The van der Waals surface area contributed by atoms with Crippen LogP contribution in [0.4, 0.5) is 0 Å². The standard InChI is InChI=1S/C27H23IO4/c1-3-30-25-15-20(14-23(28)26(25)31-17-19-7-5-4-6-8-19)13-22-16-24(32-27(22)29)21-11-9-18(2)10-12-21/h4-16H,3,17H2,1-2H3. The predicted molar refractivity (Wildman–Crippen MR) is 134 cm³/mol. The highest BCUT2D eigenvalue weighted by atomic mass is 127. The maximum absolute atomic E-state index is 12.5. The number of carbonyl (C=O) groups excluding carboxylic acids is 1. The average molecular weight is 538 g/mol. The van der Waals surface area contributed by atoms with Crippen molar-refractivity contribution >= 4 is 40.4 Å². The van der Waals surface area contributed by atoms with E-state index in [1.807, 2.05) is 86.7 Å². The molecule has 0 fully saturated rings. The Balaban J connectivity index is 1.61. The van der Waals surface area contributed by atoms with Gasteiger partial charge in [0.05, 0.1) is 15.8 Å². The lowest BCUT2D eigenvalue weighted by molar-refractivity contribution is -0.130. The van der Waals surface area contributed by atoms with E-state index in [9.17, 15) is 4.79 Å². The fraction of sp³-hybridized carbons (Fsp3) is 0.148. The van der Waals surface area contributed by atoms with Crippen LogP contribution in [0.3, 0.4) is 0 Å². The molecule has 1 heterocycles. The number of carbonyl (C=O) groups is 1. The van der Waals surface area contributed by atoms with Crippen LogP contribution >= 0.6 is 22.6 Å². The summed E-state index contributed by atoms with van der Waals surface area (Å²) in [5, 5.41) is 0. The van der Waals surface area contributed by atoms with Crippen molar-refractivity contribution in [3.8, 4) is 11.5 Å². The Hall–Kier alpha value is -3.06. The molecule has 1 aliphatic heterocycles. The van der Waals surface area contributed by atoms with E-state index in [1.165, 1.54) is 0 Å². The zero-order valence-electron chi connectivity index (χ0n) is 17.9. The summed E-state index contributed by atoms with van der Waals surface area (Å²) in [4.78, 5) is 12.5. The lowest BCUT2D eigenvalue weighted by atomic mass is 10.1. The molecular weight excluding hydrogens is 515 g/mol. The van der Waals surface area contributed by atoms with Crippen molar-refractivity contribution in [1.29, 1.82) is 0 Å². The molecule has 0 unspecified atom stereocenters. The quantitative estimate of drug-likeness (QED) is 0.194. The molecule has 0 aromatic heterocycles. The lowest BCUT2D eigenvalue weighted by Gasteiger charge is -2.15. The van der Waals surface area contributed by atoms with Gasteiger partial charge < -0.3 is 14.2 Å². The van der Waals surface area contributed by atoms with Gasteiger partial charge >= 0.3 is 5.97 Å². The highest BCUT2D eigenvalue weighted by Crippen LogP contribution is 2.36. The van der Waals surface area contributed by atoms with Gasteiger partial charge in [-0.25, -0.2) is 4.79 Å². The number of hydrogen-bond acceptors (Lipinski definition) is 4. The van der Waals surface area contributed by atoms with Gasteiger partial charge in [0.25, 0.3) is 0 Å². The van der Waals surface area contributed by atoms with E-state index in [1.54, 1.807) is 6.08 Å². The van der Waals surface area contributed by atoms with E-state index in [4.69, 9.17) is 14.2 Å². The van der Waals surface area contributed by atoms with E-state index in [0.717, 1.165) is 25.8 Å². The second-order valence-electron chi connectivity index (χ2n) is 7.40. The smallest absolute Gasteiger partial charge is 0.343 e. The minimum absolute atomic E-state index is 0.363. The third kappa shape index (κ3) is 5.22. The summed E-state index contributed by atoms with van der Waals surface area (Å²) in [5.74, 6) is 1.54. The van der Waals surface area contributed by atoms with Gasteiger partial charge in [0, 0.05) is 5.56 Å². The van der Waals surface area contributed by atoms with Crippen molar-refractivity contribution < 1.29 is 19.0 Å². The van der Waals surface area contributed by atoms with E-state index >= 15 is 0 Å². The first-order chi connectivity index (χ1) is 15.5. The van der Waals surface area contributed by atoms with Gasteiger partial charge in [0.1, 0.15) is 12.4 Å². The first kappa shape index (κ1) is 22.1. The van der Waals surface area contributed by atoms with E-state index < -0.39 is 0 Å². The Morgan fingerprint density at radius 2 is 1.75 bits per heavy atom. The second-order valence-corrected chi connectivity index (χ2v) is 8.56. The van der Waals surface area contributed by atoms with Gasteiger partial charge in [-0.05, 0) is 71.9 Å². The van der Waals surface area contributed by atoms with Crippen molar-refractivity contribution in [2.75, 3.05) is 6.61 Å². The number of rotatable bonds is 7. The molecule has 0 bridgehead atoms. The van der Waals surface area contributed by atoms with Crippen LogP contribution in [0.1, 0.15) is 29.2 Å². The Morgan fingerprint density at radius 1 is 1.00 bits per heavy atom. The number of aryl methyl sites for hydroxylation is 1. The average Bonchev–Trinajstić information content (AvgIpc) is 3.14. The summed E-state index contributed by atoms with van der Waals surface area (Å²) < 4.78 is 18.3. The first-order valence-electron chi connectivity index (χ1n) is 10.4. The Bertz CT molecular complexity index is 1180. The molecule has 0 amide bonds. The van der Waals surface area contributed by atoms with Gasteiger partial charge in [-0.2, -0.15) is 0 Å². The summed E-state index contributed by atoms with van der Waals surface area (Å²) in [5.41, 5.74) is 4.46. The summed E-state index contributed by atoms with van der Waals surface area (Å²) in [6, 6.07) is 21.8. The molecule has 4 rings (SSSR count). The Kier molecular flexibility index (Phi) is 6.95. The maximum atomic E-state index is 12.5. The molecule has 5 heteroatoms. The van der Waals surface area contributed by atoms with Gasteiger partial charge in [0.15, 0.2) is 11.5 Å². The molecule has 3 aromatic carbocycles. The number of cyclic esters (lactones) is 1. The van der Waals surface area contributed by atoms with E-state index in [-0.39, 0.29) is 5.97 Å². The molecule has 3 aromatic rings. The lowest BCUT2D eigenvalue weighted by Crippen LogP contribution is -2.02. The number of esters is 1. The summed E-state index contributed by atoms with van der Waals surface area (Å²) in [6.07, 6.45) is 3.59. The van der Waals surface area contributed by atoms with E-state index in [0.29, 0.717) is 36.0 Å². The monoisotopic (exact) mass is 538 g/mol. The highest BCUT2D eigenvalue weighted by Gasteiger charge is 2.22. The summed E-state index contributed by atoms with van der Waals surface area (Å²) in [6.45, 7) is 4.92. The molecule has 32 heavy (non-hydrogen) atoms. The first-order valence-corrected chi connectivity index (χ1v) is 11.5. The molecule has 162 valence electrons. The molecule has 4 nitrogen and oxygen atoms in total. The summed E-state index contributed by atoms with van der Waals surface area (Å²) in [7, 11) is 0. The normalized spacial score (nSPS) is 14.3. The van der Waals surface area contributed by atoms with Crippen LogP contribution in [-0.2, 0) is 16.1 Å². The third-order valence-electron chi connectivity index (χ3n) is 4.94. The third-order valence-corrected chi connectivity index (χ3v) is 5.74. The van der Waals surface area contributed by atoms with Crippen LogP contribution in [0.25, 0.3) is 11.8 Å². The zero-order valence-corrected chi connectivity index (χ0v) is 20.1. The summed E-state index contributed by atoms with van der Waals surface area (Å²) >= 11 is 2.24. The minimum atomic E-state index is -0.363. The molecule has 1 aliphatic rings.